The van der Waals surface area contributed by atoms with Crippen molar-refractivity contribution in [3.8, 4) is 5.75 Å². The lowest BCUT2D eigenvalue weighted by Crippen LogP contribution is -2.35. The Hall–Kier alpha value is -2.87. The van der Waals surface area contributed by atoms with E-state index in [-0.39, 0.29) is 5.56 Å². The SMILES string of the molecule is CC[C@@H](Oc1ccc2ccccc2c1Br)C(=O)N/N=C\c1ccccc1C(F)(F)F. The first kappa shape index (κ1) is 21.8. The number of halogens is 4. The lowest BCUT2D eigenvalue weighted by molar-refractivity contribution is -0.137. The van der Waals surface area contributed by atoms with Crippen molar-refractivity contribution in [1.29, 1.82) is 0 Å². The molecule has 0 aliphatic carbocycles. The molecule has 0 fully saturated rings. The summed E-state index contributed by atoms with van der Waals surface area (Å²) in [4.78, 5) is 12.4. The van der Waals surface area contributed by atoms with E-state index in [0.717, 1.165) is 27.5 Å². The number of amides is 1. The minimum Gasteiger partial charge on any atom is -0.479 e. The number of benzene rings is 3. The van der Waals surface area contributed by atoms with E-state index in [4.69, 9.17) is 4.74 Å². The number of nitrogens with one attached hydrogen (secondary N) is 1. The molecule has 1 atom stereocenters. The van der Waals surface area contributed by atoms with Crippen LogP contribution in [0.2, 0.25) is 0 Å². The molecule has 8 heteroatoms. The molecule has 0 aliphatic rings. The Morgan fingerprint density at radius 1 is 1.13 bits per heavy atom. The van der Waals surface area contributed by atoms with E-state index in [1.54, 1.807) is 13.0 Å². The van der Waals surface area contributed by atoms with Crippen LogP contribution in [0.1, 0.15) is 24.5 Å². The number of carbonyl (C=O) groups is 1. The molecule has 30 heavy (non-hydrogen) atoms. The van der Waals surface area contributed by atoms with E-state index in [1.807, 2.05) is 30.3 Å². The third-order valence-corrected chi connectivity index (χ3v) is 5.22. The first-order chi connectivity index (χ1) is 14.3. The van der Waals surface area contributed by atoms with Crippen LogP contribution in [0.15, 0.2) is 70.2 Å². The summed E-state index contributed by atoms with van der Waals surface area (Å²) in [6, 6.07) is 16.3. The van der Waals surface area contributed by atoms with Gasteiger partial charge in [0.2, 0.25) is 0 Å². The zero-order valence-corrected chi connectivity index (χ0v) is 17.5. The second-order valence-corrected chi connectivity index (χ2v) is 7.23. The highest BCUT2D eigenvalue weighted by Gasteiger charge is 2.32. The van der Waals surface area contributed by atoms with Crippen LogP contribution in [-0.2, 0) is 11.0 Å². The Bertz CT molecular complexity index is 1080. The summed E-state index contributed by atoms with van der Waals surface area (Å²) >= 11 is 3.51. The maximum absolute atomic E-state index is 13.0. The number of rotatable bonds is 6. The average molecular weight is 479 g/mol. The van der Waals surface area contributed by atoms with E-state index in [9.17, 15) is 18.0 Å². The van der Waals surface area contributed by atoms with Gasteiger partial charge in [-0.3, -0.25) is 4.79 Å². The maximum Gasteiger partial charge on any atom is 0.417 e. The van der Waals surface area contributed by atoms with E-state index < -0.39 is 23.8 Å². The second kappa shape index (κ2) is 9.30. The molecule has 0 saturated carbocycles. The summed E-state index contributed by atoms with van der Waals surface area (Å²) in [5.74, 6) is -0.0691. The number of carbonyl (C=O) groups excluding carboxylic acids is 1. The van der Waals surface area contributed by atoms with Gasteiger partial charge < -0.3 is 4.74 Å². The molecule has 0 spiro atoms. The molecule has 3 aromatic carbocycles. The number of hydrogen-bond donors (Lipinski definition) is 1. The molecule has 0 bridgehead atoms. The fourth-order valence-corrected chi connectivity index (χ4v) is 3.47. The number of ether oxygens (including phenoxy) is 1. The molecule has 4 nitrogen and oxygen atoms in total. The fraction of sp³-hybridized carbons (Fsp3) is 0.182. The van der Waals surface area contributed by atoms with Gasteiger partial charge in [-0.05, 0) is 45.3 Å². The van der Waals surface area contributed by atoms with Crippen molar-refractivity contribution in [2.24, 2.45) is 5.10 Å². The van der Waals surface area contributed by atoms with Gasteiger partial charge >= 0.3 is 6.18 Å². The number of nitrogens with zero attached hydrogens (tertiary/aromatic N) is 1. The highest BCUT2D eigenvalue weighted by Crippen LogP contribution is 2.34. The Labute approximate surface area is 179 Å². The first-order valence-corrected chi connectivity index (χ1v) is 9.93. The summed E-state index contributed by atoms with van der Waals surface area (Å²) in [6.45, 7) is 1.77. The normalized spacial score (nSPS) is 12.8. The van der Waals surface area contributed by atoms with Gasteiger partial charge in [0.05, 0.1) is 16.3 Å². The van der Waals surface area contributed by atoms with Gasteiger partial charge in [0.15, 0.2) is 6.10 Å². The Morgan fingerprint density at radius 3 is 2.57 bits per heavy atom. The van der Waals surface area contributed by atoms with Crippen LogP contribution in [0.5, 0.6) is 5.75 Å². The van der Waals surface area contributed by atoms with E-state index in [2.05, 4.69) is 26.5 Å². The van der Waals surface area contributed by atoms with Crippen molar-refractivity contribution in [2.45, 2.75) is 25.6 Å². The van der Waals surface area contributed by atoms with Gasteiger partial charge in [-0.1, -0.05) is 55.5 Å². The van der Waals surface area contributed by atoms with Crippen LogP contribution in [0, 0.1) is 0 Å². The average Bonchev–Trinajstić information content (AvgIpc) is 2.73. The first-order valence-electron chi connectivity index (χ1n) is 9.14. The van der Waals surface area contributed by atoms with Gasteiger partial charge in [0.1, 0.15) is 5.75 Å². The summed E-state index contributed by atoms with van der Waals surface area (Å²) < 4.78 is 45.7. The molecule has 0 saturated heterocycles. The van der Waals surface area contributed by atoms with E-state index >= 15 is 0 Å². The zero-order chi connectivity index (χ0) is 21.7. The quantitative estimate of drug-likeness (QED) is 0.352. The van der Waals surface area contributed by atoms with Crippen LogP contribution in [0.4, 0.5) is 13.2 Å². The molecular weight excluding hydrogens is 461 g/mol. The molecule has 3 rings (SSSR count). The number of hydrazone groups is 1. The van der Waals surface area contributed by atoms with Crippen LogP contribution >= 0.6 is 15.9 Å². The molecule has 156 valence electrons. The summed E-state index contributed by atoms with van der Waals surface area (Å²) in [6.07, 6.45) is -4.05. The van der Waals surface area contributed by atoms with Crippen molar-refractivity contribution < 1.29 is 22.7 Å². The number of hydrogen-bond acceptors (Lipinski definition) is 3. The van der Waals surface area contributed by atoms with Gasteiger partial charge in [-0.2, -0.15) is 18.3 Å². The molecule has 0 aromatic heterocycles. The molecule has 1 N–H and O–H groups in total. The Balaban J connectivity index is 1.72. The van der Waals surface area contributed by atoms with Crippen LogP contribution in [-0.4, -0.2) is 18.2 Å². The fourth-order valence-electron chi connectivity index (χ4n) is 2.89. The van der Waals surface area contributed by atoms with Gasteiger partial charge in [0.25, 0.3) is 5.91 Å². The number of fused-ring (bicyclic) bond motifs is 1. The van der Waals surface area contributed by atoms with Crippen molar-refractivity contribution in [2.75, 3.05) is 0 Å². The minimum atomic E-state index is -4.51. The third kappa shape index (κ3) is 4.99. The van der Waals surface area contributed by atoms with E-state index in [1.165, 1.54) is 18.2 Å². The van der Waals surface area contributed by atoms with E-state index in [0.29, 0.717) is 12.2 Å². The molecule has 3 aromatic rings. The van der Waals surface area contributed by atoms with Crippen molar-refractivity contribution in [3.63, 3.8) is 0 Å². The zero-order valence-electron chi connectivity index (χ0n) is 15.9. The van der Waals surface area contributed by atoms with Gasteiger partial charge in [0, 0.05) is 5.56 Å². The van der Waals surface area contributed by atoms with Crippen LogP contribution in [0.3, 0.4) is 0 Å². The van der Waals surface area contributed by atoms with Crippen molar-refractivity contribution in [1.82, 2.24) is 5.43 Å². The second-order valence-electron chi connectivity index (χ2n) is 6.43. The summed E-state index contributed by atoms with van der Waals surface area (Å²) in [5.41, 5.74) is 1.29. The highest BCUT2D eigenvalue weighted by molar-refractivity contribution is 9.10. The molecular formula is C22H18BrF3N2O2. The standard InChI is InChI=1S/C22H18BrF3N2O2/c1-2-18(30-19-12-11-14-7-3-5-9-16(14)20(19)23)21(29)28-27-13-15-8-4-6-10-17(15)22(24,25)26/h3-13,18H,2H2,1H3,(H,28,29)/b27-13-/t18-/m1/s1. The lowest BCUT2D eigenvalue weighted by atomic mass is 10.1. The predicted molar refractivity (Wildman–Crippen MR) is 114 cm³/mol. The molecule has 0 aliphatic heterocycles. The van der Waals surface area contributed by atoms with Gasteiger partial charge in [-0.15, -0.1) is 0 Å². The molecule has 0 radical (unpaired) electrons. The van der Waals surface area contributed by atoms with Crippen LogP contribution in [0.25, 0.3) is 10.8 Å². The molecule has 0 heterocycles. The molecule has 0 unspecified atom stereocenters. The number of alkyl halides is 3. The highest BCUT2D eigenvalue weighted by atomic mass is 79.9. The van der Waals surface area contributed by atoms with Gasteiger partial charge in [-0.25, -0.2) is 5.43 Å². The smallest absolute Gasteiger partial charge is 0.417 e. The minimum absolute atomic E-state index is 0.142. The third-order valence-electron chi connectivity index (χ3n) is 4.40. The molecule has 1 amide bonds. The van der Waals surface area contributed by atoms with Crippen molar-refractivity contribution >= 4 is 38.8 Å². The maximum atomic E-state index is 13.0. The Kier molecular flexibility index (Phi) is 6.77. The Morgan fingerprint density at radius 2 is 1.83 bits per heavy atom. The lowest BCUT2D eigenvalue weighted by Gasteiger charge is -2.17. The van der Waals surface area contributed by atoms with Crippen molar-refractivity contribution in [3.05, 3.63) is 76.3 Å². The summed E-state index contributed by atoms with van der Waals surface area (Å²) in [7, 11) is 0. The predicted octanol–water partition coefficient (Wildman–Crippen LogP) is 5.93. The largest absolute Gasteiger partial charge is 0.479 e. The van der Waals surface area contributed by atoms with Crippen LogP contribution < -0.4 is 10.2 Å². The monoisotopic (exact) mass is 478 g/mol. The topological polar surface area (TPSA) is 50.7 Å². The summed E-state index contributed by atoms with van der Waals surface area (Å²) in [5, 5.41) is 5.64.